The van der Waals surface area contributed by atoms with Crippen molar-refractivity contribution >= 4 is 11.6 Å². The molecular formula is C13H20N2O2. The molecule has 0 saturated carbocycles. The molecule has 0 aromatic heterocycles. The number of aliphatic hydroxyl groups excluding tert-OH is 1. The first kappa shape index (κ1) is 13.5. The fourth-order valence-electron chi connectivity index (χ4n) is 1.87. The van der Waals surface area contributed by atoms with Gasteiger partial charge in [-0.25, -0.2) is 0 Å². The summed E-state index contributed by atoms with van der Waals surface area (Å²) in [5, 5.41) is 12.1. The monoisotopic (exact) mass is 236 g/mol. The Morgan fingerprint density at radius 1 is 1.47 bits per heavy atom. The molecule has 0 aliphatic rings. The molecule has 4 N–H and O–H groups in total. The summed E-state index contributed by atoms with van der Waals surface area (Å²) >= 11 is 0. The van der Waals surface area contributed by atoms with Crippen LogP contribution < -0.4 is 11.1 Å². The molecule has 2 unspecified atom stereocenters. The van der Waals surface area contributed by atoms with Gasteiger partial charge in [-0.3, -0.25) is 4.79 Å². The smallest absolute Gasteiger partial charge is 0.253 e. The van der Waals surface area contributed by atoms with Crippen LogP contribution in [-0.4, -0.2) is 23.2 Å². The molecule has 94 valence electrons. The van der Waals surface area contributed by atoms with E-state index >= 15 is 0 Å². The van der Waals surface area contributed by atoms with Crippen LogP contribution in [0.4, 0.5) is 5.69 Å². The Bertz CT molecular complexity index is 382. The number of aliphatic hydroxyl groups is 1. The summed E-state index contributed by atoms with van der Waals surface area (Å²) in [5.41, 5.74) is 7.64. The number of nitrogens with one attached hydrogen (secondary N) is 1. The maximum absolute atomic E-state index is 12.0. The lowest BCUT2D eigenvalue weighted by molar-refractivity contribution is 0.0923. The van der Waals surface area contributed by atoms with Gasteiger partial charge in [-0.15, -0.1) is 0 Å². The number of anilines is 1. The molecule has 1 rings (SSSR count). The SMILES string of the molecule is Cc1cccc(N)c1C(=O)NC(C)CC(C)O. The molecule has 1 aromatic carbocycles. The van der Waals surface area contributed by atoms with Gasteiger partial charge < -0.3 is 16.2 Å². The second-order valence-corrected chi connectivity index (χ2v) is 4.50. The maximum atomic E-state index is 12.0. The summed E-state index contributed by atoms with van der Waals surface area (Å²) < 4.78 is 0. The lowest BCUT2D eigenvalue weighted by Gasteiger charge is -2.17. The molecule has 4 nitrogen and oxygen atoms in total. The molecular weight excluding hydrogens is 216 g/mol. The van der Waals surface area contributed by atoms with E-state index in [0.717, 1.165) is 5.56 Å². The van der Waals surface area contributed by atoms with Crippen LogP contribution >= 0.6 is 0 Å². The van der Waals surface area contributed by atoms with Gasteiger partial charge in [0.1, 0.15) is 0 Å². The van der Waals surface area contributed by atoms with Crippen LogP contribution in [0.2, 0.25) is 0 Å². The molecule has 0 spiro atoms. The van der Waals surface area contributed by atoms with E-state index in [1.807, 2.05) is 26.0 Å². The molecule has 1 amide bonds. The molecule has 0 fully saturated rings. The van der Waals surface area contributed by atoms with E-state index in [1.54, 1.807) is 13.0 Å². The zero-order valence-corrected chi connectivity index (χ0v) is 10.5. The van der Waals surface area contributed by atoms with Crippen molar-refractivity contribution in [1.82, 2.24) is 5.32 Å². The first-order valence-electron chi connectivity index (χ1n) is 5.75. The predicted octanol–water partition coefficient (Wildman–Crippen LogP) is 1.47. The van der Waals surface area contributed by atoms with Gasteiger partial charge >= 0.3 is 0 Å². The third kappa shape index (κ3) is 3.75. The van der Waals surface area contributed by atoms with E-state index in [9.17, 15) is 9.90 Å². The van der Waals surface area contributed by atoms with Crippen molar-refractivity contribution in [3.05, 3.63) is 29.3 Å². The summed E-state index contributed by atoms with van der Waals surface area (Å²) in [6, 6.07) is 5.30. The third-order valence-electron chi connectivity index (χ3n) is 2.60. The topological polar surface area (TPSA) is 75.4 Å². The van der Waals surface area contributed by atoms with Gasteiger partial charge in [0.05, 0.1) is 11.7 Å². The van der Waals surface area contributed by atoms with Gasteiger partial charge in [0.2, 0.25) is 0 Å². The second-order valence-electron chi connectivity index (χ2n) is 4.50. The molecule has 0 aliphatic heterocycles. The molecule has 4 heteroatoms. The van der Waals surface area contributed by atoms with E-state index in [-0.39, 0.29) is 11.9 Å². The Balaban J connectivity index is 2.77. The number of rotatable bonds is 4. The Hall–Kier alpha value is -1.55. The molecule has 0 saturated heterocycles. The van der Waals surface area contributed by atoms with Crippen molar-refractivity contribution in [3.63, 3.8) is 0 Å². The first-order valence-corrected chi connectivity index (χ1v) is 5.75. The minimum Gasteiger partial charge on any atom is -0.398 e. The average molecular weight is 236 g/mol. The van der Waals surface area contributed by atoms with Crippen molar-refractivity contribution in [1.29, 1.82) is 0 Å². The summed E-state index contributed by atoms with van der Waals surface area (Å²) in [7, 11) is 0. The van der Waals surface area contributed by atoms with Crippen molar-refractivity contribution in [2.75, 3.05) is 5.73 Å². The number of benzene rings is 1. The number of hydrogen-bond donors (Lipinski definition) is 3. The highest BCUT2D eigenvalue weighted by atomic mass is 16.3. The molecule has 2 atom stereocenters. The summed E-state index contributed by atoms with van der Waals surface area (Å²) in [5.74, 6) is -0.186. The van der Waals surface area contributed by atoms with Crippen LogP contribution in [0.5, 0.6) is 0 Å². The van der Waals surface area contributed by atoms with Crippen LogP contribution in [0.3, 0.4) is 0 Å². The Morgan fingerprint density at radius 3 is 2.65 bits per heavy atom. The minimum atomic E-state index is -0.431. The van der Waals surface area contributed by atoms with Crippen LogP contribution in [0.1, 0.15) is 36.2 Å². The molecule has 0 aliphatic carbocycles. The van der Waals surface area contributed by atoms with E-state index in [1.165, 1.54) is 0 Å². The Labute approximate surface area is 102 Å². The number of nitrogens with two attached hydrogens (primary N) is 1. The molecule has 0 heterocycles. The zero-order chi connectivity index (χ0) is 13.0. The van der Waals surface area contributed by atoms with Gasteiger partial charge in [-0.2, -0.15) is 0 Å². The highest BCUT2D eigenvalue weighted by Gasteiger charge is 2.15. The first-order chi connectivity index (χ1) is 7.91. The largest absolute Gasteiger partial charge is 0.398 e. The number of amides is 1. The van der Waals surface area contributed by atoms with Crippen LogP contribution in [-0.2, 0) is 0 Å². The van der Waals surface area contributed by atoms with E-state index in [4.69, 9.17) is 5.73 Å². The lowest BCUT2D eigenvalue weighted by atomic mass is 10.0. The van der Waals surface area contributed by atoms with Gasteiger partial charge in [0, 0.05) is 11.7 Å². The van der Waals surface area contributed by atoms with Crippen molar-refractivity contribution < 1.29 is 9.90 Å². The van der Waals surface area contributed by atoms with E-state index < -0.39 is 6.10 Å². The number of carbonyl (C=O) groups excluding carboxylic acids is 1. The molecule has 0 radical (unpaired) electrons. The number of carbonyl (C=O) groups is 1. The number of nitrogen functional groups attached to an aromatic ring is 1. The Morgan fingerprint density at radius 2 is 2.12 bits per heavy atom. The third-order valence-corrected chi connectivity index (χ3v) is 2.60. The molecule has 1 aromatic rings. The zero-order valence-electron chi connectivity index (χ0n) is 10.5. The average Bonchev–Trinajstić information content (AvgIpc) is 2.15. The normalized spacial score (nSPS) is 14.1. The minimum absolute atomic E-state index is 0.0819. The number of aryl methyl sites for hydroxylation is 1. The van der Waals surface area contributed by atoms with Gasteiger partial charge in [-0.05, 0) is 38.8 Å². The lowest BCUT2D eigenvalue weighted by Crippen LogP contribution is -2.35. The van der Waals surface area contributed by atoms with Crippen LogP contribution in [0.25, 0.3) is 0 Å². The molecule has 17 heavy (non-hydrogen) atoms. The van der Waals surface area contributed by atoms with Crippen LogP contribution in [0.15, 0.2) is 18.2 Å². The van der Waals surface area contributed by atoms with Crippen molar-refractivity contribution in [3.8, 4) is 0 Å². The highest BCUT2D eigenvalue weighted by molar-refractivity contribution is 6.00. The second kappa shape index (κ2) is 5.68. The summed E-state index contributed by atoms with van der Waals surface area (Å²) in [6.07, 6.45) is 0.0943. The summed E-state index contributed by atoms with van der Waals surface area (Å²) in [6.45, 7) is 5.41. The quantitative estimate of drug-likeness (QED) is 0.693. The molecule has 0 bridgehead atoms. The Kier molecular flexibility index (Phi) is 4.52. The summed E-state index contributed by atoms with van der Waals surface area (Å²) in [4.78, 5) is 12.0. The van der Waals surface area contributed by atoms with E-state index in [2.05, 4.69) is 5.32 Å². The van der Waals surface area contributed by atoms with Crippen molar-refractivity contribution in [2.45, 2.75) is 39.3 Å². The predicted molar refractivity (Wildman–Crippen MR) is 68.8 cm³/mol. The van der Waals surface area contributed by atoms with E-state index in [0.29, 0.717) is 17.7 Å². The van der Waals surface area contributed by atoms with Gasteiger partial charge in [0.25, 0.3) is 5.91 Å². The highest BCUT2D eigenvalue weighted by Crippen LogP contribution is 2.16. The maximum Gasteiger partial charge on any atom is 0.253 e. The fraction of sp³-hybridized carbons (Fsp3) is 0.462. The standard InChI is InChI=1S/C13H20N2O2/c1-8-5-4-6-11(14)12(8)13(17)15-9(2)7-10(3)16/h4-6,9-10,16H,7,14H2,1-3H3,(H,15,17). The van der Waals surface area contributed by atoms with Crippen LogP contribution in [0, 0.1) is 6.92 Å². The van der Waals surface area contributed by atoms with Gasteiger partial charge in [0.15, 0.2) is 0 Å². The van der Waals surface area contributed by atoms with Gasteiger partial charge in [-0.1, -0.05) is 12.1 Å². The fourth-order valence-corrected chi connectivity index (χ4v) is 1.87. The number of hydrogen-bond acceptors (Lipinski definition) is 3. The van der Waals surface area contributed by atoms with Crippen molar-refractivity contribution in [2.24, 2.45) is 0 Å².